The first-order valence-electron chi connectivity index (χ1n) is 9.15. The molecule has 0 unspecified atom stereocenters. The number of imidazole rings is 1. The number of benzene rings is 1. The number of aromatic nitrogens is 2. The number of nitrogens with zero attached hydrogens (tertiary/aromatic N) is 3. The van der Waals surface area contributed by atoms with E-state index in [1.54, 1.807) is 0 Å². The number of likely N-dealkylation sites (tertiary alicyclic amines) is 1. The summed E-state index contributed by atoms with van der Waals surface area (Å²) in [6.07, 6.45) is 5.95. The average Bonchev–Trinajstić information content (AvgIpc) is 3.14. The molecule has 1 aliphatic heterocycles. The summed E-state index contributed by atoms with van der Waals surface area (Å²) in [5.41, 5.74) is 3.19. The van der Waals surface area contributed by atoms with Gasteiger partial charge in [0.15, 0.2) is 0 Å². The van der Waals surface area contributed by atoms with Crippen molar-refractivity contribution in [1.82, 2.24) is 19.6 Å². The van der Waals surface area contributed by atoms with E-state index in [-0.39, 0.29) is 11.3 Å². The lowest BCUT2D eigenvalue weighted by Gasteiger charge is -2.41. The van der Waals surface area contributed by atoms with E-state index in [1.165, 1.54) is 5.56 Å². The van der Waals surface area contributed by atoms with Gasteiger partial charge in [-0.05, 0) is 37.6 Å². The number of amides is 1. The third kappa shape index (κ3) is 2.88. The molecule has 1 N–H and O–H groups in total. The molecule has 2 aromatic heterocycles. The number of nitrogens with one attached hydrogen (secondary N) is 1. The molecule has 0 aliphatic carbocycles. The minimum absolute atomic E-state index is 0.149. The lowest BCUT2D eigenvalue weighted by atomic mass is 9.70. The summed E-state index contributed by atoms with van der Waals surface area (Å²) in [7, 11) is 1.81. The van der Waals surface area contributed by atoms with Gasteiger partial charge in [-0.2, -0.15) is 0 Å². The van der Waals surface area contributed by atoms with E-state index >= 15 is 0 Å². The molecule has 5 nitrogen and oxygen atoms in total. The predicted octanol–water partition coefficient (Wildman–Crippen LogP) is 2.46. The summed E-state index contributed by atoms with van der Waals surface area (Å²) < 4.78 is 2.08. The number of piperidine rings is 1. The van der Waals surface area contributed by atoms with Gasteiger partial charge in [0.1, 0.15) is 5.65 Å². The Morgan fingerprint density at radius 3 is 2.54 bits per heavy atom. The molecule has 3 aromatic rings. The smallest absolute Gasteiger partial charge is 0.236 e. The van der Waals surface area contributed by atoms with Crippen molar-refractivity contribution in [3.05, 3.63) is 72.2 Å². The second-order valence-corrected chi connectivity index (χ2v) is 6.95. The van der Waals surface area contributed by atoms with Gasteiger partial charge in [-0.25, -0.2) is 4.98 Å². The molecule has 4 rings (SSSR count). The van der Waals surface area contributed by atoms with Crippen molar-refractivity contribution in [3.8, 4) is 0 Å². The molecule has 26 heavy (non-hydrogen) atoms. The highest BCUT2D eigenvalue weighted by Crippen LogP contribution is 2.41. The highest BCUT2D eigenvalue weighted by atomic mass is 16.2. The Morgan fingerprint density at radius 1 is 1.12 bits per heavy atom. The van der Waals surface area contributed by atoms with Gasteiger partial charge in [0.25, 0.3) is 0 Å². The van der Waals surface area contributed by atoms with Crippen LogP contribution in [-0.2, 0) is 10.2 Å². The summed E-state index contributed by atoms with van der Waals surface area (Å²) >= 11 is 0. The molecule has 5 heteroatoms. The molecule has 1 saturated heterocycles. The van der Waals surface area contributed by atoms with E-state index in [0.717, 1.165) is 37.3 Å². The van der Waals surface area contributed by atoms with E-state index in [2.05, 4.69) is 40.2 Å². The molecular weight excluding hydrogens is 324 g/mol. The fourth-order valence-electron chi connectivity index (χ4n) is 4.02. The molecule has 1 amide bonds. The third-order valence-corrected chi connectivity index (χ3v) is 5.48. The zero-order valence-corrected chi connectivity index (χ0v) is 15.1. The van der Waals surface area contributed by atoms with Crippen LogP contribution in [0.4, 0.5) is 0 Å². The average molecular weight is 348 g/mol. The van der Waals surface area contributed by atoms with Gasteiger partial charge in [-0.1, -0.05) is 36.4 Å². The molecule has 3 heterocycles. The lowest BCUT2D eigenvalue weighted by molar-refractivity contribution is -0.131. The maximum atomic E-state index is 12.3. The Balaban J connectivity index is 1.72. The van der Waals surface area contributed by atoms with Crippen LogP contribution in [0.2, 0.25) is 0 Å². The molecule has 0 radical (unpaired) electrons. The van der Waals surface area contributed by atoms with Crippen LogP contribution in [0.1, 0.15) is 24.1 Å². The molecule has 0 atom stereocenters. The molecule has 0 bridgehead atoms. The zero-order chi connectivity index (χ0) is 18.0. The van der Waals surface area contributed by atoms with Crippen LogP contribution >= 0.6 is 0 Å². The van der Waals surface area contributed by atoms with E-state index in [0.29, 0.717) is 6.54 Å². The van der Waals surface area contributed by atoms with Gasteiger partial charge < -0.3 is 14.6 Å². The SMILES string of the molecule is CNCC(=O)N1CCC(c2ccccc2)(c2cn3ccccc3n2)CC1. The largest absolute Gasteiger partial charge is 0.342 e. The Labute approximate surface area is 153 Å². The van der Waals surface area contributed by atoms with E-state index in [1.807, 2.05) is 42.4 Å². The van der Waals surface area contributed by atoms with Crippen molar-refractivity contribution in [2.24, 2.45) is 0 Å². The molecule has 134 valence electrons. The normalized spacial score (nSPS) is 16.7. The monoisotopic (exact) mass is 348 g/mol. The first-order valence-corrected chi connectivity index (χ1v) is 9.15. The maximum absolute atomic E-state index is 12.3. The Hall–Kier alpha value is -2.66. The minimum atomic E-state index is -0.149. The van der Waals surface area contributed by atoms with Crippen molar-refractivity contribution in [2.45, 2.75) is 18.3 Å². The van der Waals surface area contributed by atoms with Gasteiger partial charge in [0, 0.05) is 30.9 Å². The van der Waals surface area contributed by atoms with Crippen molar-refractivity contribution in [1.29, 1.82) is 0 Å². The standard InChI is InChI=1S/C21H24N4O/c1-22-15-20(26)24-13-10-21(11-14-24,17-7-3-2-4-8-17)18-16-25-12-6-5-9-19(25)23-18/h2-9,12,16,22H,10-11,13-15H2,1H3. The van der Waals surface area contributed by atoms with E-state index in [9.17, 15) is 4.79 Å². The molecule has 1 aliphatic rings. The number of hydrogen-bond donors (Lipinski definition) is 1. The van der Waals surface area contributed by atoms with Gasteiger partial charge in [-0.3, -0.25) is 4.79 Å². The van der Waals surface area contributed by atoms with Crippen LogP contribution in [0.25, 0.3) is 5.65 Å². The molecule has 1 aromatic carbocycles. The zero-order valence-electron chi connectivity index (χ0n) is 15.1. The molecular formula is C21H24N4O. The third-order valence-electron chi connectivity index (χ3n) is 5.48. The van der Waals surface area contributed by atoms with E-state index < -0.39 is 0 Å². The van der Waals surface area contributed by atoms with Gasteiger partial charge in [-0.15, -0.1) is 0 Å². The maximum Gasteiger partial charge on any atom is 0.236 e. The van der Waals surface area contributed by atoms with Crippen molar-refractivity contribution in [3.63, 3.8) is 0 Å². The number of hydrogen-bond acceptors (Lipinski definition) is 3. The molecule has 0 spiro atoms. The Kier molecular flexibility index (Phi) is 4.47. The number of likely N-dealkylation sites (N-methyl/N-ethyl adjacent to an activating group) is 1. The van der Waals surface area contributed by atoms with Crippen LogP contribution in [0, 0.1) is 0 Å². The van der Waals surface area contributed by atoms with Gasteiger partial charge in [0.05, 0.1) is 12.2 Å². The summed E-state index contributed by atoms with van der Waals surface area (Å²) in [5, 5.41) is 2.96. The second-order valence-electron chi connectivity index (χ2n) is 6.95. The predicted molar refractivity (Wildman–Crippen MR) is 102 cm³/mol. The number of carbonyl (C=O) groups is 1. The summed E-state index contributed by atoms with van der Waals surface area (Å²) in [5.74, 6) is 0.171. The van der Waals surface area contributed by atoms with Gasteiger partial charge in [0.2, 0.25) is 5.91 Å². The highest BCUT2D eigenvalue weighted by Gasteiger charge is 2.40. The summed E-state index contributed by atoms with van der Waals surface area (Å²) in [4.78, 5) is 19.2. The second kappa shape index (κ2) is 6.92. The van der Waals surface area contributed by atoms with Crippen molar-refractivity contribution in [2.75, 3.05) is 26.7 Å². The molecule has 0 saturated carbocycles. The number of rotatable bonds is 4. The minimum Gasteiger partial charge on any atom is -0.342 e. The lowest BCUT2D eigenvalue weighted by Crippen LogP contribution is -2.48. The van der Waals surface area contributed by atoms with Crippen LogP contribution in [-0.4, -0.2) is 46.9 Å². The summed E-state index contributed by atoms with van der Waals surface area (Å²) in [6.45, 7) is 1.90. The Morgan fingerprint density at radius 2 is 1.85 bits per heavy atom. The van der Waals surface area contributed by atoms with Crippen molar-refractivity contribution < 1.29 is 4.79 Å². The van der Waals surface area contributed by atoms with Crippen LogP contribution < -0.4 is 5.32 Å². The van der Waals surface area contributed by atoms with Crippen LogP contribution in [0.5, 0.6) is 0 Å². The first-order chi connectivity index (χ1) is 12.7. The quantitative estimate of drug-likeness (QED) is 0.788. The van der Waals surface area contributed by atoms with Crippen LogP contribution in [0.15, 0.2) is 60.9 Å². The number of carbonyl (C=O) groups excluding carboxylic acids is 1. The number of fused-ring (bicyclic) bond motifs is 1. The fourth-order valence-corrected chi connectivity index (χ4v) is 4.02. The topological polar surface area (TPSA) is 49.6 Å². The number of pyridine rings is 1. The van der Waals surface area contributed by atoms with Crippen LogP contribution in [0.3, 0.4) is 0 Å². The van der Waals surface area contributed by atoms with Crippen molar-refractivity contribution >= 4 is 11.6 Å². The van der Waals surface area contributed by atoms with Gasteiger partial charge >= 0.3 is 0 Å². The summed E-state index contributed by atoms with van der Waals surface area (Å²) in [6, 6.07) is 16.7. The van der Waals surface area contributed by atoms with E-state index in [4.69, 9.17) is 4.98 Å². The Bertz CT molecular complexity index is 862. The first kappa shape index (κ1) is 16.8. The molecule has 1 fully saturated rings. The highest BCUT2D eigenvalue weighted by molar-refractivity contribution is 5.78. The fraction of sp³-hybridized carbons (Fsp3) is 0.333.